The van der Waals surface area contributed by atoms with Gasteiger partial charge in [-0.3, -0.25) is 13.9 Å². The van der Waals surface area contributed by atoms with Crippen LogP contribution in [-0.4, -0.2) is 33.7 Å². The number of hydrogen-bond donors (Lipinski definition) is 1. The number of ether oxygens (including phenoxy) is 1. The number of pyridine rings is 1. The topological polar surface area (TPSA) is 78.1 Å². The number of nitrogens with one attached hydrogen (secondary N) is 1. The zero-order chi connectivity index (χ0) is 21.6. The summed E-state index contributed by atoms with van der Waals surface area (Å²) in [4.78, 5) is 30.4. The van der Waals surface area contributed by atoms with Crippen LogP contribution in [0.15, 0.2) is 83.8 Å². The van der Waals surface area contributed by atoms with Crippen molar-refractivity contribution in [3.8, 4) is 0 Å². The Morgan fingerprint density at radius 1 is 0.968 bits per heavy atom. The fourth-order valence-electron chi connectivity index (χ4n) is 3.68. The molecule has 2 aromatic carbocycles. The Bertz CT molecular complexity index is 1180. The van der Waals surface area contributed by atoms with Crippen LogP contribution in [0.1, 0.15) is 17.2 Å². The molecule has 4 rings (SSSR count). The molecule has 1 N–H and O–H groups in total. The molecule has 0 saturated carbocycles. The summed E-state index contributed by atoms with van der Waals surface area (Å²) in [6.07, 6.45) is 1.64. The molecule has 0 aliphatic heterocycles. The van der Waals surface area contributed by atoms with Gasteiger partial charge in [-0.1, -0.05) is 60.7 Å². The minimum atomic E-state index is -0.314. The highest BCUT2D eigenvalue weighted by Gasteiger charge is 2.20. The van der Waals surface area contributed by atoms with Gasteiger partial charge >= 0.3 is 5.69 Å². The minimum Gasteiger partial charge on any atom is -0.383 e. The zero-order valence-electron chi connectivity index (χ0n) is 17.3. The van der Waals surface area contributed by atoms with E-state index in [1.165, 1.54) is 9.13 Å². The van der Waals surface area contributed by atoms with Crippen molar-refractivity contribution >= 4 is 17.1 Å². The molecule has 0 unspecified atom stereocenters. The highest BCUT2D eigenvalue weighted by atomic mass is 16.5. The first-order valence-corrected chi connectivity index (χ1v) is 10.1. The fourth-order valence-corrected chi connectivity index (χ4v) is 3.68. The average molecular weight is 416 g/mol. The maximum Gasteiger partial charge on any atom is 0.330 e. The van der Waals surface area contributed by atoms with E-state index < -0.39 is 0 Å². The van der Waals surface area contributed by atoms with Crippen molar-refractivity contribution in [2.75, 3.05) is 13.7 Å². The molecule has 2 aromatic heterocycles. The first-order chi connectivity index (χ1) is 15.2. The number of fused-ring (bicyclic) bond motifs is 1. The monoisotopic (exact) mass is 416 g/mol. The largest absolute Gasteiger partial charge is 0.383 e. The molecule has 31 heavy (non-hydrogen) atoms. The van der Waals surface area contributed by atoms with Gasteiger partial charge in [-0.25, -0.2) is 9.78 Å². The third-order valence-corrected chi connectivity index (χ3v) is 5.17. The molecular formula is C24H24N4O3. The van der Waals surface area contributed by atoms with Crippen molar-refractivity contribution in [1.82, 2.24) is 19.4 Å². The van der Waals surface area contributed by atoms with Gasteiger partial charge in [0.15, 0.2) is 5.65 Å². The van der Waals surface area contributed by atoms with Gasteiger partial charge in [0.05, 0.1) is 24.7 Å². The molecule has 2 heterocycles. The maximum atomic E-state index is 13.1. The third kappa shape index (κ3) is 4.41. The summed E-state index contributed by atoms with van der Waals surface area (Å²) in [5, 5.41) is 3.09. The number of amides is 1. The van der Waals surface area contributed by atoms with Crippen molar-refractivity contribution in [3.63, 3.8) is 0 Å². The number of carbonyl (C=O) groups excluding carboxylic acids is 1. The average Bonchev–Trinajstić information content (AvgIpc) is 3.08. The lowest BCUT2D eigenvalue weighted by atomic mass is 9.99. The minimum absolute atomic E-state index is 0.100. The fraction of sp³-hybridized carbons (Fsp3) is 0.208. The molecule has 158 valence electrons. The summed E-state index contributed by atoms with van der Waals surface area (Å²) in [6.45, 7) is 0.650. The van der Waals surface area contributed by atoms with Crippen LogP contribution in [0.25, 0.3) is 11.2 Å². The van der Waals surface area contributed by atoms with Crippen LogP contribution in [0, 0.1) is 0 Å². The maximum absolute atomic E-state index is 13.1. The van der Waals surface area contributed by atoms with Crippen molar-refractivity contribution in [2.45, 2.75) is 19.1 Å². The summed E-state index contributed by atoms with van der Waals surface area (Å²) in [5.41, 5.74) is 2.82. The summed E-state index contributed by atoms with van der Waals surface area (Å²) < 4.78 is 8.11. The number of hydrogen-bond acceptors (Lipinski definition) is 4. The second-order valence-corrected chi connectivity index (χ2v) is 7.18. The number of carbonyl (C=O) groups is 1. The lowest BCUT2D eigenvalue weighted by Crippen LogP contribution is -2.35. The highest BCUT2D eigenvalue weighted by molar-refractivity contribution is 5.80. The van der Waals surface area contributed by atoms with Gasteiger partial charge in [0.25, 0.3) is 0 Å². The first-order valence-electron chi connectivity index (χ1n) is 10.1. The van der Waals surface area contributed by atoms with E-state index >= 15 is 0 Å². The van der Waals surface area contributed by atoms with Crippen LogP contribution >= 0.6 is 0 Å². The van der Waals surface area contributed by atoms with Crippen molar-refractivity contribution < 1.29 is 9.53 Å². The lowest BCUT2D eigenvalue weighted by molar-refractivity contribution is -0.122. The molecule has 0 spiro atoms. The number of imidazole rings is 1. The molecule has 0 aliphatic carbocycles. The van der Waals surface area contributed by atoms with E-state index in [1.54, 1.807) is 25.4 Å². The SMILES string of the molecule is COCCn1c(=O)n(CC(=O)NC(c2ccccc2)c2ccccc2)c2cccnc21. The van der Waals surface area contributed by atoms with Gasteiger partial charge in [-0.2, -0.15) is 0 Å². The molecule has 0 aliphatic rings. The Balaban J connectivity index is 1.64. The summed E-state index contributed by atoms with van der Waals surface area (Å²) in [5.74, 6) is -0.255. The molecule has 0 fully saturated rings. The first kappa shape index (κ1) is 20.6. The number of aromatic nitrogens is 3. The van der Waals surface area contributed by atoms with Crippen molar-refractivity contribution in [3.05, 3.63) is 101 Å². The second kappa shape index (κ2) is 9.40. The molecule has 4 aromatic rings. The van der Waals surface area contributed by atoms with E-state index in [4.69, 9.17) is 4.74 Å². The van der Waals surface area contributed by atoms with Crippen LogP contribution in [0.2, 0.25) is 0 Å². The quantitative estimate of drug-likeness (QED) is 0.479. The molecule has 7 nitrogen and oxygen atoms in total. The van der Waals surface area contributed by atoms with Crippen LogP contribution in [0.4, 0.5) is 0 Å². The van der Waals surface area contributed by atoms with Crippen LogP contribution < -0.4 is 11.0 Å². The van der Waals surface area contributed by atoms with Gasteiger partial charge < -0.3 is 10.1 Å². The Morgan fingerprint density at radius 2 is 1.61 bits per heavy atom. The predicted octanol–water partition coefficient (Wildman–Crippen LogP) is 2.75. The molecule has 0 saturated heterocycles. The highest BCUT2D eigenvalue weighted by Crippen LogP contribution is 2.22. The van der Waals surface area contributed by atoms with Gasteiger partial charge in [0.2, 0.25) is 5.91 Å². The summed E-state index contributed by atoms with van der Waals surface area (Å²) >= 11 is 0. The molecule has 1 amide bonds. The number of benzene rings is 2. The van der Waals surface area contributed by atoms with E-state index in [9.17, 15) is 9.59 Å². The van der Waals surface area contributed by atoms with Gasteiger partial charge in [0.1, 0.15) is 6.54 Å². The van der Waals surface area contributed by atoms with E-state index in [2.05, 4.69) is 10.3 Å². The molecule has 7 heteroatoms. The zero-order valence-corrected chi connectivity index (χ0v) is 17.3. The summed E-state index contributed by atoms with van der Waals surface area (Å²) in [7, 11) is 1.58. The van der Waals surface area contributed by atoms with Crippen molar-refractivity contribution in [2.24, 2.45) is 0 Å². The van der Waals surface area contributed by atoms with E-state index in [-0.39, 0.29) is 24.2 Å². The Labute approximate surface area is 179 Å². The lowest BCUT2D eigenvalue weighted by Gasteiger charge is -2.20. The van der Waals surface area contributed by atoms with Crippen LogP contribution in [0.5, 0.6) is 0 Å². The number of rotatable bonds is 8. The van der Waals surface area contributed by atoms with E-state index in [0.717, 1.165) is 11.1 Å². The van der Waals surface area contributed by atoms with Gasteiger partial charge in [0, 0.05) is 13.3 Å². The Hall–Kier alpha value is -3.71. The Kier molecular flexibility index (Phi) is 6.24. The van der Waals surface area contributed by atoms with Gasteiger partial charge in [-0.05, 0) is 23.3 Å². The Morgan fingerprint density at radius 3 is 2.23 bits per heavy atom. The predicted molar refractivity (Wildman–Crippen MR) is 119 cm³/mol. The summed E-state index contributed by atoms with van der Waals surface area (Å²) in [6, 6.07) is 22.8. The van der Waals surface area contributed by atoms with Crippen molar-refractivity contribution in [1.29, 1.82) is 0 Å². The van der Waals surface area contributed by atoms with E-state index in [1.807, 2.05) is 60.7 Å². The standard InChI is InChI=1S/C24H24N4O3/c1-31-16-15-27-23-20(13-8-14-25-23)28(24(27)30)17-21(29)26-22(18-9-4-2-5-10-18)19-11-6-3-7-12-19/h2-14,22H,15-17H2,1H3,(H,26,29). The van der Waals surface area contributed by atoms with E-state index in [0.29, 0.717) is 24.3 Å². The molecule has 0 atom stereocenters. The third-order valence-electron chi connectivity index (χ3n) is 5.17. The molecule has 0 radical (unpaired) electrons. The smallest absolute Gasteiger partial charge is 0.330 e. The van der Waals surface area contributed by atoms with Crippen LogP contribution in [0.3, 0.4) is 0 Å². The molecular weight excluding hydrogens is 392 g/mol. The number of methoxy groups -OCH3 is 1. The van der Waals surface area contributed by atoms with Gasteiger partial charge in [-0.15, -0.1) is 0 Å². The number of nitrogens with zero attached hydrogens (tertiary/aromatic N) is 3. The normalized spacial score (nSPS) is 11.2. The second-order valence-electron chi connectivity index (χ2n) is 7.18. The van der Waals surface area contributed by atoms with Crippen LogP contribution in [-0.2, 0) is 22.6 Å². The molecule has 0 bridgehead atoms.